The zero-order valence-corrected chi connectivity index (χ0v) is 10.6. The van der Waals surface area contributed by atoms with Crippen molar-refractivity contribution in [3.05, 3.63) is 36.4 Å². The summed E-state index contributed by atoms with van der Waals surface area (Å²) >= 11 is 5.89. The van der Waals surface area contributed by atoms with Crippen molar-refractivity contribution in [3.8, 4) is 17.1 Å². The Labute approximate surface area is 105 Å². The van der Waals surface area contributed by atoms with Crippen molar-refractivity contribution >= 4 is 11.6 Å². The highest BCUT2D eigenvalue weighted by molar-refractivity contribution is 6.20. The lowest BCUT2D eigenvalue weighted by Crippen LogP contribution is -1.90. The monoisotopic (exact) mass is 251 g/mol. The minimum Gasteiger partial charge on any atom is -0.494 e. The topological polar surface area (TPSA) is 35.3 Å². The fourth-order valence-electron chi connectivity index (χ4n) is 1.49. The van der Waals surface area contributed by atoms with Crippen LogP contribution >= 0.6 is 11.6 Å². The van der Waals surface area contributed by atoms with Crippen LogP contribution in [0.5, 0.6) is 5.75 Å². The summed E-state index contributed by atoms with van der Waals surface area (Å²) in [5.74, 6) is 2.10. The van der Waals surface area contributed by atoms with Crippen molar-refractivity contribution < 1.29 is 9.15 Å². The van der Waals surface area contributed by atoms with Gasteiger partial charge < -0.3 is 9.15 Å². The summed E-state index contributed by atoms with van der Waals surface area (Å²) in [6, 6.07) is 7.69. The second-order valence-corrected chi connectivity index (χ2v) is 4.29. The zero-order chi connectivity index (χ0) is 12.3. The number of halogens is 1. The minimum absolute atomic E-state index is 0.216. The predicted molar refractivity (Wildman–Crippen MR) is 67.4 cm³/mol. The van der Waals surface area contributed by atoms with Gasteiger partial charge in [0.15, 0.2) is 5.76 Å². The van der Waals surface area contributed by atoms with Crippen LogP contribution < -0.4 is 4.74 Å². The number of oxazole rings is 1. The molecule has 4 heteroatoms. The van der Waals surface area contributed by atoms with E-state index in [0.717, 1.165) is 17.1 Å². The summed E-state index contributed by atoms with van der Waals surface area (Å²) in [6.07, 6.45) is 1.68. The van der Waals surface area contributed by atoms with E-state index in [2.05, 4.69) is 4.98 Å². The highest BCUT2D eigenvalue weighted by Gasteiger charge is 2.10. The Morgan fingerprint density at radius 3 is 2.59 bits per heavy atom. The molecule has 0 aliphatic carbocycles. The third kappa shape index (κ3) is 2.80. The molecule has 0 saturated carbocycles. The van der Waals surface area contributed by atoms with Gasteiger partial charge in [0.2, 0.25) is 5.89 Å². The molecule has 17 heavy (non-hydrogen) atoms. The number of ether oxygens (including phenoxy) is 1. The van der Waals surface area contributed by atoms with Gasteiger partial charge in [-0.15, -0.1) is 11.6 Å². The first-order valence-corrected chi connectivity index (χ1v) is 5.97. The average Bonchev–Trinajstić information content (AvgIpc) is 2.80. The molecule has 90 valence electrons. The first-order chi connectivity index (χ1) is 8.20. The van der Waals surface area contributed by atoms with Gasteiger partial charge >= 0.3 is 0 Å². The smallest absolute Gasteiger partial charge is 0.212 e. The molecule has 0 radical (unpaired) electrons. The summed E-state index contributed by atoms with van der Waals surface area (Å²) in [5, 5.41) is -0.216. The van der Waals surface area contributed by atoms with Crippen LogP contribution in [0.25, 0.3) is 11.3 Å². The van der Waals surface area contributed by atoms with Gasteiger partial charge in [0.05, 0.1) is 12.8 Å². The van der Waals surface area contributed by atoms with Crippen molar-refractivity contribution in [2.24, 2.45) is 0 Å². The van der Waals surface area contributed by atoms with Crippen molar-refractivity contribution in [1.82, 2.24) is 4.98 Å². The number of hydrogen-bond donors (Lipinski definition) is 0. The molecule has 0 saturated heterocycles. The molecule has 0 N–H and O–H groups in total. The third-order valence-electron chi connectivity index (χ3n) is 2.31. The third-order valence-corrected chi connectivity index (χ3v) is 2.50. The molecule has 0 bridgehead atoms. The summed E-state index contributed by atoms with van der Waals surface area (Å²) in [7, 11) is 0. The standard InChI is InChI=1S/C13H14ClNO2/c1-3-16-11-6-4-10(5-7-11)12-8-15-13(17-12)9(2)14/h4-9H,3H2,1-2H3. The van der Waals surface area contributed by atoms with E-state index < -0.39 is 0 Å². The Balaban J connectivity index is 2.21. The van der Waals surface area contributed by atoms with Crippen LogP contribution in [0.15, 0.2) is 34.9 Å². The van der Waals surface area contributed by atoms with E-state index in [9.17, 15) is 0 Å². The summed E-state index contributed by atoms with van der Waals surface area (Å²) in [6.45, 7) is 4.45. The van der Waals surface area contributed by atoms with Crippen molar-refractivity contribution in [2.75, 3.05) is 6.61 Å². The molecule has 0 spiro atoms. The van der Waals surface area contributed by atoms with E-state index in [1.807, 2.05) is 38.1 Å². The maximum Gasteiger partial charge on any atom is 0.212 e. The second kappa shape index (κ2) is 5.23. The largest absolute Gasteiger partial charge is 0.494 e. The Bertz CT molecular complexity index is 476. The maximum absolute atomic E-state index is 5.89. The first-order valence-electron chi connectivity index (χ1n) is 5.53. The molecule has 3 nitrogen and oxygen atoms in total. The molecule has 0 fully saturated rings. The molecular weight excluding hydrogens is 238 g/mol. The number of aromatic nitrogens is 1. The van der Waals surface area contributed by atoms with Gasteiger partial charge in [-0.3, -0.25) is 0 Å². The van der Waals surface area contributed by atoms with Gasteiger partial charge in [-0.2, -0.15) is 0 Å². The maximum atomic E-state index is 5.89. The highest BCUT2D eigenvalue weighted by atomic mass is 35.5. The molecule has 0 amide bonds. The van der Waals surface area contributed by atoms with Crippen LogP contribution in [0.1, 0.15) is 25.1 Å². The molecule has 1 unspecified atom stereocenters. The van der Waals surface area contributed by atoms with E-state index in [1.165, 1.54) is 0 Å². The molecule has 2 aromatic rings. The fraction of sp³-hybridized carbons (Fsp3) is 0.308. The Kier molecular flexibility index (Phi) is 3.69. The van der Waals surface area contributed by atoms with Gasteiger partial charge in [-0.25, -0.2) is 4.98 Å². The highest BCUT2D eigenvalue weighted by Crippen LogP contribution is 2.26. The van der Waals surface area contributed by atoms with E-state index >= 15 is 0 Å². The quantitative estimate of drug-likeness (QED) is 0.770. The van der Waals surface area contributed by atoms with Crippen LogP contribution in [-0.4, -0.2) is 11.6 Å². The van der Waals surface area contributed by atoms with Gasteiger partial charge in [-0.05, 0) is 38.1 Å². The number of hydrogen-bond acceptors (Lipinski definition) is 3. The van der Waals surface area contributed by atoms with Crippen molar-refractivity contribution in [2.45, 2.75) is 19.2 Å². The van der Waals surface area contributed by atoms with E-state index in [4.69, 9.17) is 20.8 Å². The predicted octanol–water partition coefficient (Wildman–Crippen LogP) is 4.04. The Morgan fingerprint density at radius 1 is 1.35 bits per heavy atom. The summed E-state index contributed by atoms with van der Waals surface area (Å²) in [5.41, 5.74) is 0.963. The lowest BCUT2D eigenvalue weighted by atomic mass is 10.2. The second-order valence-electron chi connectivity index (χ2n) is 3.64. The first kappa shape index (κ1) is 12.0. The molecule has 1 aromatic carbocycles. The fourth-order valence-corrected chi connectivity index (χ4v) is 1.59. The zero-order valence-electron chi connectivity index (χ0n) is 9.81. The van der Waals surface area contributed by atoms with Crippen LogP contribution in [0.4, 0.5) is 0 Å². The van der Waals surface area contributed by atoms with Crippen LogP contribution in [-0.2, 0) is 0 Å². The molecule has 2 rings (SSSR count). The number of benzene rings is 1. The van der Waals surface area contributed by atoms with E-state index in [1.54, 1.807) is 6.20 Å². The average molecular weight is 252 g/mol. The lowest BCUT2D eigenvalue weighted by molar-refractivity contribution is 0.340. The van der Waals surface area contributed by atoms with Gasteiger partial charge in [0, 0.05) is 5.56 Å². The SMILES string of the molecule is CCOc1ccc(-c2cnc(C(C)Cl)o2)cc1. The Hall–Kier alpha value is -1.48. The van der Waals surface area contributed by atoms with Crippen LogP contribution in [0.3, 0.4) is 0 Å². The van der Waals surface area contributed by atoms with Gasteiger partial charge in [0.25, 0.3) is 0 Å². The molecule has 0 aliphatic rings. The summed E-state index contributed by atoms with van der Waals surface area (Å²) in [4.78, 5) is 4.12. The van der Waals surface area contributed by atoms with E-state index in [-0.39, 0.29) is 5.38 Å². The number of alkyl halides is 1. The van der Waals surface area contributed by atoms with Crippen LogP contribution in [0, 0.1) is 0 Å². The molecule has 0 aliphatic heterocycles. The molecular formula is C13H14ClNO2. The minimum atomic E-state index is -0.216. The number of nitrogens with zero attached hydrogens (tertiary/aromatic N) is 1. The van der Waals surface area contributed by atoms with E-state index in [0.29, 0.717) is 12.5 Å². The number of rotatable bonds is 4. The lowest BCUT2D eigenvalue weighted by Gasteiger charge is -2.03. The van der Waals surface area contributed by atoms with Crippen molar-refractivity contribution in [3.63, 3.8) is 0 Å². The normalized spacial score (nSPS) is 12.4. The molecule has 1 heterocycles. The van der Waals surface area contributed by atoms with Crippen LogP contribution in [0.2, 0.25) is 0 Å². The molecule has 1 aromatic heterocycles. The van der Waals surface area contributed by atoms with Gasteiger partial charge in [-0.1, -0.05) is 0 Å². The molecule has 1 atom stereocenters. The Morgan fingerprint density at radius 2 is 2.06 bits per heavy atom. The van der Waals surface area contributed by atoms with Crippen molar-refractivity contribution in [1.29, 1.82) is 0 Å². The summed E-state index contributed by atoms with van der Waals surface area (Å²) < 4.78 is 10.9. The van der Waals surface area contributed by atoms with Gasteiger partial charge in [0.1, 0.15) is 11.1 Å².